The molecule has 12 rings (SSSR count). The van der Waals surface area contributed by atoms with Gasteiger partial charge in [0.05, 0.1) is 36.3 Å². The highest BCUT2D eigenvalue weighted by Crippen LogP contribution is 2.42. The van der Waals surface area contributed by atoms with Gasteiger partial charge in [0.25, 0.3) is 0 Å². The number of halogens is 8. The van der Waals surface area contributed by atoms with Gasteiger partial charge in [-0.05, 0) is 189 Å². The van der Waals surface area contributed by atoms with Crippen molar-refractivity contribution in [3.8, 4) is 0 Å². The van der Waals surface area contributed by atoms with Crippen LogP contribution in [0, 0.1) is 53.4 Å². The molecule has 13 nitrogen and oxygen atoms in total. The number of carbonyl (C=O) groups is 4. The molecule has 0 spiro atoms. The Morgan fingerprint density at radius 2 is 0.613 bits per heavy atom. The molecule has 5 aliphatic rings. The van der Waals surface area contributed by atoms with Crippen LogP contribution in [-0.4, -0.2) is 199 Å². The molecule has 0 radical (unpaired) electrons. The molecule has 3 N–H and O–H groups in total. The van der Waals surface area contributed by atoms with Crippen molar-refractivity contribution in [3.63, 3.8) is 0 Å². The molecule has 142 heavy (non-hydrogen) atoms. The van der Waals surface area contributed by atoms with Crippen molar-refractivity contribution in [2.24, 2.45) is 39.9 Å². The number of ketones is 4. The zero-order valence-electron chi connectivity index (χ0n) is 90.4. The molecule has 0 amide bonds. The number of likely N-dealkylation sites (tertiary alicyclic amines) is 5. The molecule has 7 aromatic rings. The molecular weight excluding hydrogens is 1880 g/mol. The van der Waals surface area contributed by atoms with Gasteiger partial charge in [0.15, 0.2) is 5.69 Å². The van der Waals surface area contributed by atoms with Gasteiger partial charge in [0.1, 0.15) is 40.1 Å². The summed E-state index contributed by atoms with van der Waals surface area (Å²) in [6, 6.07) is 55.8. The number of benzene rings is 7. The van der Waals surface area contributed by atoms with Gasteiger partial charge in [-0.2, -0.15) is 0 Å². The Morgan fingerprint density at radius 1 is 0.366 bits per heavy atom. The van der Waals surface area contributed by atoms with Crippen LogP contribution in [0.25, 0.3) is 4.85 Å². The molecule has 5 saturated heterocycles. The fraction of sp³-hybridized carbons (Fsp3) is 0.562. The van der Waals surface area contributed by atoms with E-state index >= 15 is 0 Å². The molecule has 5 fully saturated rings. The van der Waals surface area contributed by atoms with E-state index in [4.69, 9.17) is 64.6 Å². The number of nitrogens with zero attached hydrogens (tertiary/aromatic N) is 6. The number of nitrogens with one attached hydrogen (secondary N) is 2. The molecule has 8 unspecified atom stereocenters. The van der Waals surface area contributed by atoms with Gasteiger partial charge >= 0.3 is 0 Å². The summed E-state index contributed by atoms with van der Waals surface area (Å²) in [4.78, 5) is 64.5. The SMILES string of the molecule is C=C(C(CN1CC(O)C1)c1ccc(Cl)cc1)C(C)(C)C.C=C(C(CNC(C)C)c1ccc(C)cc1)C(C)(C)C.CC(C)C(=O)C(CN1CC(C)(F)C1)c1ccc(Cl)cc1.CC(C)C(=O)C(CN1CCC(C)(F)C1)c1ccc(Cl)cc1.CC(C)C(=O)C(CN1CCC(C)(F)CC1)c1ccc(Cl)cc1.CC(C)C(=O)C(CN1CCCCC1)c1ccc(Cl)cc1.[C-]#[N+]c1ccc(C(CNC(C)C)C(=C)C(C)(C)C)cc1. The first-order valence-corrected chi connectivity index (χ1v) is 53.4. The molecule has 0 aromatic heterocycles. The van der Waals surface area contributed by atoms with E-state index in [2.05, 4.69) is 200 Å². The molecule has 782 valence electrons. The van der Waals surface area contributed by atoms with Crippen molar-refractivity contribution < 1.29 is 37.5 Å². The maximum Gasteiger partial charge on any atom is 0.187 e. The van der Waals surface area contributed by atoms with E-state index in [9.17, 15) is 37.5 Å². The number of alkyl halides is 3. The highest BCUT2D eigenvalue weighted by atomic mass is 35.5. The first kappa shape index (κ1) is 124. The summed E-state index contributed by atoms with van der Waals surface area (Å²) in [6.07, 6.45) is 5.28. The second-order valence-corrected chi connectivity index (χ2v) is 48.0. The highest BCUT2D eigenvalue weighted by Gasteiger charge is 2.42. The van der Waals surface area contributed by atoms with Crippen molar-refractivity contribution in [2.45, 2.75) is 288 Å². The number of β-amino-alcohol motifs (C(OH)–C–C–N with tert-alkyl or cyclic N) is 1. The predicted octanol–water partition coefficient (Wildman–Crippen LogP) is 29.7. The predicted molar refractivity (Wildman–Crippen MR) is 596 cm³/mol. The van der Waals surface area contributed by atoms with E-state index < -0.39 is 17.0 Å². The van der Waals surface area contributed by atoms with Gasteiger partial charge in [-0.1, -0.05) is 361 Å². The average molecular weight is 2050 g/mol. The molecule has 5 heterocycles. The number of rotatable bonds is 34. The maximum absolute atomic E-state index is 14.0. The Bertz CT molecular complexity index is 5060. The summed E-state index contributed by atoms with van der Waals surface area (Å²) in [7, 11) is 0. The van der Waals surface area contributed by atoms with Crippen molar-refractivity contribution in [1.29, 1.82) is 0 Å². The summed E-state index contributed by atoms with van der Waals surface area (Å²) in [5.74, 6) is 1.26. The molecule has 5 aliphatic heterocycles. The normalized spacial score (nSPS) is 18.4. The highest BCUT2D eigenvalue weighted by molar-refractivity contribution is 6.31. The minimum absolute atomic E-state index is 0.0168. The van der Waals surface area contributed by atoms with E-state index in [1.807, 2.05) is 157 Å². The number of aliphatic hydroxyl groups excluding tert-OH is 1. The van der Waals surface area contributed by atoms with Gasteiger partial charge in [-0.15, -0.1) is 0 Å². The molecular formula is C121H172Cl5F3N8O5. The van der Waals surface area contributed by atoms with Crippen LogP contribution < -0.4 is 10.6 Å². The number of Topliss-reactive ketones (excluding diaryl/α,β-unsaturated/α-hetero) is 4. The van der Waals surface area contributed by atoms with Crippen LogP contribution in [0.2, 0.25) is 25.1 Å². The number of hydrogen-bond acceptors (Lipinski definition) is 12. The van der Waals surface area contributed by atoms with Crippen molar-refractivity contribution in [1.82, 2.24) is 35.1 Å². The second kappa shape index (κ2) is 57.4. The zero-order chi connectivity index (χ0) is 106. The lowest BCUT2D eigenvalue weighted by atomic mass is 9.76. The Balaban J connectivity index is 0.000000254. The molecule has 0 saturated carbocycles. The van der Waals surface area contributed by atoms with Gasteiger partial charge in [0, 0.05) is 177 Å². The number of aliphatic hydroxyl groups is 1. The number of carbonyl (C=O) groups excluding carboxylic acids is 4. The van der Waals surface area contributed by atoms with Gasteiger partial charge in [0.2, 0.25) is 0 Å². The van der Waals surface area contributed by atoms with Gasteiger partial charge in [-0.25, -0.2) is 18.0 Å². The molecule has 0 aliphatic carbocycles. The first-order chi connectivity index (χ1) is 66.2. The largest absolute Gasteiger partial charge is 0.390 e. The number of piperidine rings is 2. The Hall–Kier alpha value is -7.15. The van der Waals surface area contributed by atoms with E-state index in [-0.39, 0.29) is 98.9 Å². The average Bonchev–Trinajstić information content (AvgIpc) is 0.944. The van der Waals surface area contributed by atoms with Crippen molar-refractivity contribution in [2.75, 3.05) is 111 Å². The first-order valence-electron chi connectivity index (χ1n) is 51.5. The number of aryl methyl sites for hydroxylation is 1. The lowest BCUT2D eigenvalue weighted by Gasteiger charge is -2.43. The monoisotopic (exact) mass is 2050 g/mol. The Labute approximate surface area is 879 Å². The molecule has 21 heteroatoms. The lowest BCUT2D eigenvalue weighted by molar-refractivity contribution is -0.125. The third-order valence-electron chi connectivity index (χ3n) is 27.6. The summed E-state index contributed by atoms with van der Waals surface area (Å²) >= 11 is 29.7. The standard InChI is InChI=1S/C18H25ClFNO.C18H26N2.C18H29N.C17H23ClFNO.2C17H24ClNO.C16H21ClFNO/c1-13(2)17(22)16(14-4-6-15(19)7-5-14)12-21-10-8-18(3,20)9-11-21;1-13(2)20-12-17(14(3)18(4,5)6)15-8-10-16(19-7)11-9-15;1-13(2)19-12-17(15(4)18(5,6)7)16-10-8-14(3)9-11-16;1-12(2)16(21)15(13-4-6-14(18)7-5-13)10-20-9-8-17(3,19)11-20;1-12(17(2,3)4)16(11-19-9-15(20)10-19)13-5-7-14(18)8-6-13;1-13(2)17(20)16(12-19-10-4-3-5-11-19)14-6-8-15(18)9-7-14;1-11(2)15(20)14(8-19-9-16(3,18)10-19)12-4-6-13(17)7-5-12/h4-7,13,16H,8-12H2,1-3H3;8-11,13,17,20H,3,12H2,1-2,4-6H3;8-11,13,17,19H,4,12H2,1-3,5-7H3;4-7,12,15H,8-11H2,1-3H3;5-8,15-16,20H,1,9-11H2,2-4H3;6-9,13,16H,3-5,10-12H2,1-2H3;4-7,11,14H,8-10H2,1-3H3. The summed E-state index contributed by atoms with van der Waals surface area (Å²) in [5, 5.41) is 20.0. The van der Waals surface area contributed by atoms with Crippen LogP contribution in [0.5, 0.6) is 0 Å². The van der Waals surface area contributed by atoms with Crippen LogP contribution in [0.15, 0.2) is 206 Å². The van der Waals surface area contributed by atoms with Crippen LogP contribution in [-0.2, 0) is 19.2 Å². The topological polar surface area (TPSA) is 133 Å². The van der Waals surface area contributed by atoms with Crippen molar-refractivity contribution >= 4 is 86.8 Å². The van der Waals surface area contributed by atoms with Gasteiger partial charge < -0.3 is 25.5 Å². The third kappa shape index (κ3) is 42.2. The zero-order valence-corrected chi connectivity index (χ0v) is 94.2. The van der Waals surface area contributed by atoms with Crippen LogP contribution in [0.1, 0.15) is 291 Å². The fourth-order valence-corrected chi connectivity index (χ4v) is 18.8. The Kier molecular flexibility index (Phi) is 49.9. The minimum Gasteiger partial charge on any atom is -0.390 e. The molecule has 7 aromatic carbocycles. The van der Waals surface area contributed by atoms with Crippen LogP contribution in [0.4, 0.5) is 18.9 Å². The third-order valence-corrected chi connectivity index (χ3v) is 28.9. The minimum atomic E-state index is -1.13. The van der Waals surface area contributed by atoms with E-state index in [1.54, 1.807) is 45.0 Å². The van der Waals surface area contributed by atoms with Crippen molar-refractivity contribution in [3.05, 3.63) is 287 Å². The summed E-state index contributed by atoms with van der Waals surface area (Å²) < 4.78 is 41.5. The smallest absolute Gasteiger partial charge is 0.187 e. The molecule has 8 atom stereocenters. The quantitative estimate of drug-likeness (QED) is 0.0262. The van der Waals surface area contributed by atoms with Crippen LogP contribution in [0.3, 0.4) is 0 Å². The van der Waals surface area contributed by atoms with E-state index in [0.717, 1.165) is 84.7 Å². The van der Waals surface area contributed by atoms with Crippen LogP contribution >= 0.6 is 58.0 Å². The summed E-state index contributed by atoms with van der Waals surface area (Å²) in [6.45, 7) is 83.7. The molecule has 0 bridgehead atoms. The summed E-state index contributed by atoms with van der Waals surface area (Å²) in [5.41, 5.74) is 10.6. The Morgan fingerprint density at radius 3 is 0.887 bits per heavy atom. The lowest BCUT2D eigenvalue weighted by Crippen LogP contribution is -2.58. The number of hydrogen-bond donors (Lipinski definition) is 3. The van der Waals surface area contributed by atoms with Gasteiger partial charge in [-0.3, -0.25) is 33.9 Å². The fourth-order valence-electron chi connectivity index (χ4n) is 18.2. The van der Waals surface area contributed by atoms with E-state index in [1.165, 1.54) is 58.2 Å². The van der Waals surface area contributed by atoms with E-state index in [0.29, 0.717) is 123 Å². The second-order valence-electron chi connectivity index (χ2n) is 45.8. The maximum atomic E-state index is 14.0.